The summed E-state index contributed by atoms with van der Waals surface area (Å²) in [6, 6.07) is 9.25. The molecule has 0 saturated carbocycles. The normalized spacial score (nSPS) is 22.4. The number of methoxy groups -OCH3 is 3. The molecule has 0 aromatic heterocycles. The minimum Gasteiger partial charge on any atom is -0.493 e. The van der Waals surface area contributed by atoms with Crippen LogP contribution in [0.5, 0.6) is 17.2 Å². The van der Waals surface area contributed by atoms with Crippen LogP contribution in [0, 0.1) is 5.92 Å². The molecule has 2 aliphatic rings. The molecular weight excluding hydrogens is 529 g/mol. The lowest BCUT2D eigenvalue weighted by molar-refractivity contribution is 0.0620. The molecule has 2 unspecified atom stereocenters. The van der Waals surface area contributed by atoms with Crippen LogP contribution in [-0.2, 0) is 6.42 Å². The number of hydrogen-bond acceptors (Lipinski definition) is 6. The number of piperidine rings is 1. The van der Waals surface area contributed by atoms with E-state index in [0.717, 1.165) is 32.1 Å². The van der Waals surface area contributed by atoms with Crippen molar-refractivity contribution >= 4 is 34.9 Å². The van der Waals surface area contributed by atoms with E-state index in [1.165, 1.54) is 26.9 Å². The Hall–Kier alpha value is -2.39. The molecule has 4 rings (SSSR count). The third kappa shape index (κ3) is 6.60. The van der Waals surface area contributed by atoms with Crippen molar-refractivity contribution in [2.75, 3.05) is 33.2 Å². The van der Waals surface area contributed by atoms with Gasteiger partial charge in [-0.2, -0.15) is 0 Å². The molecule has 2 fully saturated rings. The molecule has 5 atom stereocenters. The second-order valence-corrected chi connectivity index (χ2v) is 11.0. The van der Waals surface area contributed by atoms with Gasteiger partial charge in [0.15, 0.2) is 11.5 Å². The van der Waals surface area contributed by atoms with Crippen molar-refractivity contribution in [2.45, 2.75) is 63.3 Å². The van der Waals surface area contributed by atoms with Gasteiger partial charge in [0.1, 0.15) is 0 Å². The average Bonchev–Trinajstić information content (AvgIpc) is 3.11. The Labute approximate surface area is 234 Å². The van der Waals surface area contributed by atoms with Gasteiger partial charge in [0.2, 0.25) is 5.75 Å². The Morgan fingerprint density at radius 3 is 2.18 bits per heavy atom. The van der Waals surface area contributed by atoms with Crippen LogP contribution in [-0.4, -0.2) is 68.1 Å². The predicted octanol–water partition coefficient (Wildman–Crippen LogP) is 5.38. The van der Waals surface area contributed by atoms with Crippen LogP contribution in [0.2, 0.25) is 10.0 Å². The van der Waals surface area contributed by atoms with Gasteiger partial charge in [-0.1, -0.05) is 29.3 Å². The van der Waals surface area contributed by atoms with Crippen LogP contribution in [0.4, 0.5) is 10.5 Å². The zero-order valence-electron chi connectivity index (χ0n) is 22.3. The van der Waals surface area contributed by atoms with Gasteiger partial charge in [0.25, 0.3) is 0 Å². The van der Waals surface area contributed by atoms with Crippen molar-refractivity contribution in [1.82, 2.24) is 10.2 Å². The quantitative estimate of drug-likeness (QED) is 0.358. The minimum atomic E-state index is -0.714. The lowest BCUT2D eigenvalue weighted by atomic mass is 9.85. The van der Waals surface area contributed by atoms with Crippen molar-refractivity contribution in [3.63, 3.8) is 0 Å². The van der Waals surface area contributed by atoms with E-state index in [4.69, 9.17) is 37.4 Å². The average molecular weight is 567 g/mol. The van der Waals surface area contributed by atoms with Gasteiger partial charge in [-0.25, -0.2) is 4.79 Å². The van der Waals surface area contributed by atoms with Gasteiger partial charge in [0, 0.05) is 30.8 Å². The first-order valence-corrected chi connectivity index (χ1v) is 13.7. The fourth-order valence-electron chi connectivity index (χ4n) is 5.89. The Morgan fingerprint density at radius 1 is 1.03 bits per heavy atom. The Balaban J connectivity index is 1.37. The number of hydrogen-bond donors (Lipinski definition) is 3. The lowest BCUT2D eigenvalue weighted by Crippen LogP contribution is -2.54. The molecule has 0 spiro atoms. The maximum atomic E-state index is 12.9. The van der Waals surface area contributed by atoms with Crippen molar-refractivity contribution in [1.29, 1.82) is 0 Å². The Bertz CT molecular complexity index is 1090. The molecule has 2 bridgehead atoms. The number of carbonyl (C=O) groups is 1. The van der Waals surface area contributed by atoms with E-state index in [0.29, 0.717) is 57.5 Å². The molecule has 10 heteroatoms. The molecule has 0 aliphatic carbocycles. The second-order valence-electron chi connectivity index (χ2n) is 10.2. The zero-order valence-corrected chi connectivity index (χ0v) is 23.8. The molecule has 3 N–H and O–H groups in total. The fourth-order valence-corrected chi connectivity index (χ4v) is 6.21. The van der Waals surface area contributed by atoms with E-state index in [9.17, 15) is 9.90 Å². The van der Waals surface area contributed by atoms with Crippen LogP contribution < -0.4 is 24.8 Å². The second kappa shape index (κ2) is 12.6. The number of rotatable bonds is 10. The highest BCUT2D eigenvalue weighted by atomic mass is 35.5. The molecule has 8 nitrogen and oxygen atoms in total. The summed E-state index contributed by atoms with van der Waals surface area (Å²) >= 11 is 12.3. The number of carbonyl (C=O) groups excluding carboxylic acids is 1. The molecule has 2 aromatic rings. The first kappa shape index (κ1) is 28.6. The molecule has 2 saturated heterocycles. The maximum absolute atomic E-state index is 12.9. The molecule has 2 amide bonds. The standard InChI is InChI=1S/C28H37Cl2N3O5/c1-16(34)24(32-28(35)31-19-13-25(36-2)27(38-4)26(14-19)37-3)15-33-20-6-7-21(33)11-18(10-20)9-17-5-8-22(29)23(30)12-17/h5,8,12-14,16,18,20-21,24,34H,6-7,9-11,15H2,1-4H3,(H2,31,32,35)/t16?,18?,20-,21+,24-/m0/s1. The molecule has 208 valence electrons. The van der Waals surface area contributed by atoms with Gasteiger partial charge >= 0.3 is 6.03 Å². The Morgan fingerprint density at radius 2 is 1.66 bits per heavy atom. The highest BCUT2D eigenvalue weighted by Crippen LogP contribution is 2.41. The molecular formula is C28H37Cl2N3O5. The number of nitrogens with zero attached hydrogens (tertiary/aromatic N) is 1. The zero-order chi connectivity index (χ0) is 27.4. The third-order valence-electron chi connectivity index (χ3n) is 7.72. The number of nitrogens with one attached hydrogen (secondary N) is 2. The lowest BCUT2D eigenvalue weighted by Gasteiger charge is -2.41. The van der Waals surface area contributed by atoms with Crippen molar-refractivity contribution in [2.24, 2.45) is 5.92 Å². The number of halogens is 2. The highest BCUT2D eigenvalue weighted by molar-refractivity contribution is 6.42. The summed E-state index contributed by atoms with van der Waals surface area (Å²) < 4.78 is 16.1. The van der Waals surface area contributed by atoms with Crippen LogP contribution in [0.1, 0.15) is 38.2 Å². The largest absolute Gasteiger partial charge is 0.493 e. The first-order chi connectivity index (χ1) is 18.2. The number of fused-ring (bicyclic) bond motifs is 2. The molecule has 2 heterocycles. The topological polar surface area (TPSA) is 92.3 Å². The van der Waals surface area contributed by atoms with Crippen LogP contribution in [0.15, 0.2) is 30.3 Å². The monoisotopic (exact) mass is 565 g/mol. The summed E-state index contributed by atoms with van der Waals surface area (Å²) in [7, 11) is 4.57. The summed E-state index contributed by atoms with van der Waals surface area (Å²) in [5, 5.41) is 17.5. The molecule has 2 aliphatic heterocycles. The SMILES string of the molecule is COc1cc(NC(=O)N[C@@H](CN2[C@@H]3CC[C@H]2CC(Cc2ccc(Cl)c(Cl)c2)C3)C(C)O)cc(OC)c1OC. The van der Waals surface area contributed by atoms with Gasteiger partial charge in [-0.15, -0.1) is 0 Å². The summed E-state index contributed by atoms with van der Waals surface area (Å²) in [5.41, 5.74) is 1.70. The van der Waals surface area contributed by atoms with Crippen molar-refractivity contribution in [3.8, 4) is 17.2 Å². The van der Waals surface area contributed by atoms with Crippen molar-refractivity contribution in [3.05, 3.63) is 45.9 Å². The van der Waals surface area contributed by atoms with Crippen LogP contribution in [0.3, 0.4) is 0 Å². The molecule has 38 heavy (non-hydrogen) atoms. The van der Waals surface area contributed by atoms with E-state index in [-0.39, 0.29) is 0 Å². The van der Waals surface area contributed by atoms with E-state index in [1.54, 1.807) is 19.1 Å². The third-order valence-corrected chi connectivity index (χ3v) is 8.46. The van der Waals surface area contributed by atoms with E-state index >= 15 is 0 Å². The smallest absolute Gasteiger partial charge is 0.319 e. The fraction of sp³-hybridized carbons (Fsp3) is 0.536. The van der Waals surface area contributed by atoms with Crippen molar-refractivity contribution < 1.29 is 24.1 Å². The number of aliphatic hydroxyl groups excluding tert-OH is 1. The van der Waals surface area contributed by atoms with Gasteiger partial charge in [-0.3, -0.25) is 4.90 Å². The van der Waals surface area contributed by atoms with Crippen LogP contribution in [0.25, 0.3) is 0 Å². The van der Waals surface area contributed by atoms with E-state index < -0.39 is 18.2 Å². The summed E-state index contributed by atoms with van der Waals surface area (Å²) in [6.07, 6.45) is 4.70. The number of amides is 2. The first-order valence-electron chi connectivity index (χ1n) is 13.0. The minimum absolute atomic E-state index is 0.410. The Kier molecular flexibility index (Phi) is 9.52. The van der Waals surface area contributed by atoms with E-state index in [1.807, 2.05) is 12.1 Å². The molecule has 2 aromatic carbocycles. The van der Waals surface area contributed by atoms with Gasteiger partial charge in [-0.05, 0) is 62.6 Å². The van der Waals surface area contributed by atoms with Gasteiger partial charge in [0.05, 0.1) is 49.2 Å². The van der Waals surface area contributed by atoms with Crippen LogP contribution >= 0.6 is 23.2 Å². The highest BCUT2D eigenvalue weighted by Gasteiger charge is 2.42. The maximum Gasteiger partial charge on any atom is 0.319 e. The summed E-state index contributed by atoms with van der Waals surface area (Å²) in [4.78, 5) is 15.4. The number of urea groups is 1. The molecule has 0 radical (unpaired) electrons. The van der Waals surface area contributed by atoms with Gasteiger partial charge < -0.3 is 30.0 Å². The summed E-state index contributed by atoms with van der Waals surface area (Å²) in [6.45, 7) is 2.30. The van der Waals surface area contributed by atoms with E-state index in [2.05, 4.69) is 21.6 Å². The summed E-state index contributed by atoms with van der Waals surface area (Å²) in [5.74, 6) is 1.90. The number of aliphatic hydroxyl groups is 1. The number of ether oxygens (including phenoxy) is 3. The number of anilines is 1. The predicted molar refractivity (Wildman–Crippen MR) is 150 cm³/mol. The number of benzene rings is 2.